The van der Waals surface area contributed by atoms with Gasteiger partial charge in [0.25, 0.3) is 0 Å². The molecular weight excluding hydrogens is 335 g/mol. The van der Waals surface area contributed by atoms with Gasteiger partial charge in [0.15, 0.2) is 0 Å². The standard InChI is InChI=1S/C18H25FN6O/c1-22(2)16(26)13-9-11-25(12-10-13)18-21-20-17(24(18)4)23(3)15-7-5-14(19)6-8-15/h5-8,13H,9-12H2,1-4H3. The number of carbonyl (C=O) groups excluding carboxylic acids is 1. The van der Waals surface area contributed by atoms with Gasteiger partial charge in [-0.25, -0.2) is 4.39 Å². The molecule has 1 amide bonds. The highest BCUT2D eigenvalue weighted by Crippen LogP contribution is 2.27. The maximum absolute atomic E-state index is 13.1. The molecule has 1 aromatic heterocycles. The molecule has 1 aliphatic rings. The summed E-state index contributed by atoms with van der Waals surface area (Å²) in [5.41, 5.74) is 0.837. The smallest absolute Gasteiger partial charge is 0.232 e. The molecule has 0 bridgehead atoms. The summed E-state index contributed by atoms with van der Waals surface area (Å²) in [6, 6.07) is 6.27. The molecule has 3 rings (SSSR count). The Hall–Kier alpha value is -2.64. The first-order chi connectivity index (χ1) is 12.4. The Balaban J connectivity index is 1.72. The monoisotopic (exact) mass is 360 g/mol. The molecule has 1 aromatic carbocycles. The Morgan fingerprint density at radius 3 is 2.31 bits per heavy atom. The van der Waals surface area contributed by atoms with E-state index in [9.17, 15) is 9.18 Å². The first-order valence-electron chi connectivity index (χ1n) is 8.73. The van der Waals surface area contributed by atoms with Crippen LogP contribution in [0.1, 0.15) is 12.8 Å². The van der Waals surface area contributed by atoms with Gasteiger partial charge in [0.1, 0.15) is 5.82 Å². The summed E-state index contributed by atoms with van der Waals surface area (Å²) in [6.07, 6.45) is 1.63. The van der Waals surface area contributed by atoms with E-state index in [4.69, 9.17) is 0 Å². The second-order valence-corrected chi connectivity index (χ2v) is 6.89. The molecule has 0 radical (unpaired) electrons. The number of carbonyl (C=O) groups is 1. The van der Waals surface area contributed by atoms with E-state index in [0.29, 0.717) is 5.95 Å². The normalized spacial score (nSPS) is 15.2. The molecule has 1 fully saturated rings. The third kappa shape index (κ3) is 3.49. The first-order valence-corrected chi connectivity index (χ1v) is 8.73. The summed E-state index contributed by atoms with van der Waals surface area (Å²) < 4.78 is 15.1. The maximum atomic E-state index is 13.1. The number of aromatic nitrogens is 3. The number of hydrogen-bond donors (Lipinski definition) is 0. The Bertz CT molecular complexity index is 764. The lowest BCUT2D eigenvalue weighted by Gasteiger charge is -2.32. The predicted molar refractivity (Wildman–Crippen MR) is 99.1 cm³/mol. The van der Waals surface area contributed by atoms with Crippen LogP contribution in [0, 0.1) is 11.7 Å². The lowest BCUT2D eigenvalue weighted by molar-refractivity contribution is -0.133. The molecular formula is C18H25FN6O. The van der Waals surface area contributed by atoms with Crippen LogP contribution in [0.15, 0.2) is 24.3 Å². The van der Waals surface area contributed by atoms with Gasteiger partial charge in [-0.15, -0.1) is 10.2 Å². The van der Waals surface area contributed by atoms with Gasteiger partial charge in [0, 0.05) is 52.9 Å². The molecule has 0 N–H and O–H groups in total. The number of anilines is 3. The molecule has 0 spiro atoms. The molecule has 2 aromatic rings. The van der Waals surface area contributed by atoms with Gasteiger partial charge in [-0.3, -0.25) is 9.36 Å². The third-order valence-electron chi connectivity index (χ3n) is 4.91. The molecule has 0 saturated carbocycles. The van der Waals surface area contributed by atoms with Crippen LogP contribution in [0.5, 0.6) is 0 Å². The van der Waals surface area contributed by atoms with Crippen molar-refractivity contribution in [3.8, 4) is 0 Å². The number of benzene rings is 1. The van der Waals surface area contributed by atoms with Gasteiger partial charge in [-0.1, -0.05) is 0 Å². The Morgan fingerprint density at radius 1 is 1.12 bits per heavy atom. The van der Waals surface area contributed by atoms with Crippen molar-refractivity contribution in [2.24, 2.45) is 13.0 Å². The molecule has 8 heteroatoms. The summed E-state index contributed by atoms with van der Waals surface area (Å²) in [4.78, 5) is 17.8. The highest BCUT2D eigenvalue weighted by molar-refractivity contribution is 5.78. The van der Waals surface area contributed by atoms with Gasteiger partial charge >= 0.3 is 0 Å². The predicted octanol–water partition coefficient (Wildman–Crippen LogP) is 2.03. The van der Waals surface area contributed by atoms with Crippen LogP contribution in [-0.2, 0) is 11.8 Å². The second kappa shape index (κ2) is 7.31. The van der Waals surface area contributed by atoms with Gasteiger partial charge in [0.05, 0.1) is 0 Å². The minimum Gasteiger partial charge on any atom is -0.349 e. The third-order valence-corrected chi connectivity index (χ3v) is 4.91. The average molecular weight is 360 g/mol. The van der Waals surface area contributed by atoms with Crippen molar-refractivity contribution < 1.29 is 9.18 Å². The summed E-state index contributed by atoms with van der Waals surface area (Å²) >= 11 is 0. The highest BCUT2D eigenvalue weighted by atomic mass is 19.1. The fourth-order valence-electron chi connectivity index (χ4n) is 3.35. The Labute approximate surface area is 153 Å². The number of piperidine rings is 1. The molecule has 1 aliphatic heterocycles. The van der Waals surface area contributed by atoms with Crippen molar-refractivity contribution in [3.05, 3.63) is 30.1 Å². The van der Waals surface area contributed by atoms with Gasteiger partial charge < -0.3 is 14.7 Å². The van der Waals surface area contributed by atoms with Crippen LogP contribution < -0.4 is 9.80 Å². The van der Waals surface area contributed by atoms with Crippen LogP contribution in [0.2, 0.25) is 0 Å². The summed E-state index contributed by atoms with van der Waals surface area (Å²) in [7, 11) is 7.40. The zero-order chi connectivity index (χ0) is 18.8. The van der Waals surface area contributed by atoms with Crippen molar-refractivity contribution >= 4 is 23.5 Å². The lowest BCUT2D eigenvalue weighted by atomic mass is 9.96. The Morgan fingerprint density at radius 2 is 1.73 bits per heavy atom. The summed E-state index contributed by atoms with van der Waals surface area (Å²) in [6.45, 7) is 1.55. The zero-order valence-electron chi connectivity index (χ0n) is 15.7. The summed E-state index contributed by atoms with van der Waals surface area (Å²) in [5.74, 6) is 1.47. The van der Waals surface area contributed by atoms with Crippen molar-refractivity contribution in [2.75, 3.05) is 44.0 Å². The van der Waals surface area contributed by atoms with Crippen LogP contribution in [0.4, 0.5) is 22.0 Å². The molecule has 0 atom stereocenters. The van der Waals surface area contributed by atoms with Crippen molar-refractivity contribution in [2.45, 2.75) is 12.8 Å². The molecule has 0 aliphatic carbocycles. The summed E-state index contributed by atoms with van der Waals surface area (Å²) in [5, 5.41) is 8.64. The largest absolute Gasteiger partial charge is 0.349 e. The molecule has 0 unspecified atom stereocenters. The van der Waals surface area contributed by atoms with Crippen LogP contribution >= 0.6 is 0 Å². The van der Waals surface area contributed by atoms with E-state index in [1.165, 1.54) is 12.1 Å². The van der Waals surface area contributed by atoms with Gasteiger partial charge in [0.2, 0.25) is 17.8 Å². The fourth-order valence-corrected chi connectivity index (χ4v) is 3.35. The van der Waals surface area contributed by atoms with Crippen LogP contribution in [0.25, 0.3) is 0 Å². The van der Waals surface area contributed by atoms with E-state index in [2.05, 4.69) is 15.1 Å². The number of nitrogens with zero attached hydrogens (tertiary/aromatic N) is 6. The first kappa shape index (κ1) is 18.2. The average Bonchev–Trinajstić information content (AvgIpc) is 3.02. The van der Waals surface area contributed by atoms with Gasteiger partial charge in [-0.2, -0.15) is 0 Å². The molecule has 2 heterocycles. The number of rotatable bonds is 4. The number of amides is 1. The van der Waals surface area contributed by atoms with E-state index >= 15 is 0 Å². The van der Waals surface area contributed by atoms with E-state index in [0.717, 1.165) is 37.6 Å². The molecule has 26 heavy (non-hydrogen) atoms. The lowest BCUT2D eigenvalue weighted by Crippen LogP contribution is -2.41. The van der Waals surface area contributed by atoms with Crippen molar-refractivity contribution in [3.63, 3.8) is 0 Å². The molecule has 1 saturated heterocycles. The SMILES string of the molecule is CN(C)C(=O)C1CCN(c2nnc(N(C)c3ccc(F)cc3)n2C)CC1. The van der Waals surface area contributed by atoms with E-state index < -0.39 is 0 Å². The zero-order valence-corrected chi connectivity index (χ0v) is 15.7. The highest BCUT2D eigenvalue weighted by Gasteiger charge is 2.28. The molecule has 7 nitrogen and oxygen atoms in total. The van der Waals surface area contributed by atoms with Crippen molar-refractivity contribution in [1.29, 1.82) is 0 Å². The topological polar surface area (TPSA) is 57.5 Å². The maximum Gasteiger partial charge on any atom is 0.232 e. The van der Waals surface area contributed by atoms with Crippen LogP contribution in [0.3, 0.4) is 0 Å². The number of halogens is 1. The molecule has 140 valence electrons. The van der Waals surface area contributed by atoms with Gasteiger partial charge in [-0.05, 0) is 37.1 Å². The van der Waals surface area contributed by atoms with E-state index in [1.807, 2.05) is 23.6 Å². The Kier molecular flexibility index (Phi) is 5.11. The van der Waals surface area contributed by atoms with E-state index in [-0.39, 0.29) is 17.6 Å². The second-order valence-electron chi connectivity index (χ2n) is 6.89. The van der Waals surface area contributed by atoms with Crippen molar-refractivity contribution in [1.82, 2.24) is 19.7 Å². The minimum atomic E-state index is -0.268. The number of hydrogen-bond acceptors (Lipinski definition) is 5. The van der Waals surface area contributed by atoms with Crippen LogP contribution in [-0.4, -0.2) is 59.8 Å². The minimum absolute atomic E-state index is 0.0795. The quantitative estimate of drug-likeness (QED) is 0.835. The fraction of sp³-hybridized carbons (Fsp3) is 0.500. The van der Waals surface area contributed by atoms with E-state index in [1.54, 1.807) is 31.1 Å².